The fourth-order valence-corrected chi connectivity index (χ4v) is 3.47. The van der Waals surface area contributed by atoms with Gasteiger partial charge in [-0.25, -0.2) is 26.3 Å². The number of benzene rings is 1. The Balaban J connectivity index is 2.58. The lowest BCUT2D eigenvalue weighted by molar-refractivity contribution is 0.575. The van der Waals surface area contributed by atoms with Gasteiger partial charge in [0.2, 0.25) is 20.0 Å². The van der Waals surface area contributed by atoms with E-state index in [0.29, 0.717) is 10.9 Å². The first kappa shape index (κ1) is 17.4. The molecule has 1 rings (SSSR count). The summed E-state index contributed by atoms with van der Waals surface area (Å²) in [5.74, 6) is 0. The van der Waals surface area contributed by atoms with Crippen molar-refractivity contribution in [3.63, 3.8) is 0 Å². The van der Waals surface area contributed by atoms with Gasteiger partial charge in [0, 0.05) is 17.6 Å². The Morgan fingerprint density at radius 3 is 2.30 bits per heavy atom. The second-order valence-electron chi connectivity index (χ2n) is 4.10. The Hall–Kier alpha value is -0.680. The lowest BCUT2D eigenvalue weighted by atomic mass is 10.3. The number of nitrogens with two attached hydrogens (primary N) is 1. The first-order chi connectivity index (χ1) is 9.12. The lowest BCUT2D eigenvalue weighted by Gasteiger charge is -2.09. The molecule has 0 unspecified atom stereocenters. The molecule has 0 radical (unpaired) electrons. The van der Waals surface area contributed by atoms with Crippen molar-refractivity contribution in [1.29, 1.82) is 0 Å². The molecule has 0 bridgehead atoms. The molecule has 0 amide bonds. The van der Waals surface area contributed by atoms with E-state index >= 15 is 0 Å². The van der Waals surface area contributed by atoms with Crippen molar-refractivity contribution in [2.75, 3.05) is 25.1 Å². The zero-order valence-corrected chi connectivity index (χ0v) is 14.0. The minimum Gasteiger partial charge on any atom is -0.398 e. The third-order valence-corrected chi connectivity index (χ3v) is 5.03. The molecule has 0 saturated carbocycles. The lowest BCUT2D eigenvalue weighted by Crippen LogP contribution is -2.29. The summed E-state index contributed by atoms with van der Waals surface area (Å²) in [5.41, 5.74) is 5.79. The Kier molecular flexibility index (Phi) is 5.95. The van der Waals surface area contributed by atoms with Crippen molar-refractivity contribution in [3.8, 4) is 0 Å². The topological polar surface area (TPSA) is 118 Å². The molecule has 0 aliphatic heterocycles. The van der Waals surface area contributed by atoms with Gasteiger partial charge in [0.05, 0.1) is 11.9 Å². The fourth-order valence-electron chi connectivity index (χ4n) is 1.39. The van der Waals surface area contributed by atoms with E-state index in [4.69, 9.17) is 5.73 Å². The van der Waals surface area contributed by atoms with Crippen molar-refractivity contribution in [2.45, 2.75) is 11.3 Å². The van der Waals surface area contributed by atoms with Gasteiger partial charge in [-0.05, 0) is 24.6 Å². The Bertz CT molecular complexity index is 674. The van der Waals surface area contributed by atoms with Crippen molar-refractivity contribution in [3.05, 3.63) is 22.7 Å². The maximum atomic E-state index is 12.0. The number of sulfonamides is 2. The minimum absolute atomic E-state index is 0.00299. The van der Waals surface area contributed by atoms with Gasteiger partial charge < -0.3 is 5.73 Å². The highest BCUT2D eigenvalue weighted by Crippen LogP contribution is 2.22. The summed E-state index contributed by atoms with van der Waals surface area (Å²) in [6.07, 6.45) is 1.38. The molecule has 10 heteroatoms. The number of rotatable bonds is 7. The standard InChI is InChI=1S/C10H16BrN3O4S2/c1-19(15,16)13-5-2-6-14-20(17,18)10-4-3-8(11)7-9(10)12/h3-4,7,13-14H,2,5-6,12H2,1H3. The average Bonchev–Trinajstić information content (AvgIpc) is 2.26. The third kappa shape index (κ3) is 5.75. The van der Waals surface area contributed by atoms with Gasteiger partial charge in [0.25, 0.3) is 0 Å². The fraction of sp³-hybridized carbons (Fsp3) is 0.400. The van der Waals surface area contributed by atoms with E-state index in [1.165, 1.54) is 12.1 Å². The highest BCUT2D eigenvalue weighted by atomic mass is 79.9. The summed E-state index contributed by atoms with van der Waals surface area (Å²) < 4.78 is 50.9. The third-order valence-electron chi connectivity index (χ3n) is 2.27. The number of nitrogens with one attached hydrogen (secondary N) is 2. The smallest absolute Gasteiger partial charge is 0.242 e. The van der Waals surface area contributed by atoms with Crippen LogP contribution in [0.2, 0.25) is 0 Å². The number of hydrogen-bond acceptors (Lipinski definition) is 5. The quantitative estimate of drug-likeness (QED) is 0.459. The van der Waals surface area contributed by atoms with Crippen LogP contribution in [0.15, 0.2) is 27.6 Å². The summed E-state index contributed by atoms with van der Waals surface area (Å²) in [6.45, 7) is 0.275. The second kappa shape index (κ2) is 6.85. The molecular formula is C10H16BrN3O4S2. The van der Waals surface area contributed by atoms with Gasteiger partial charge in [0.1, 0.15) is 4.90 Å². The number of hydrogen-bond donors (Lipinski definition) is 3. The summed E-state index contributed by atoms with van der Waals surface area (Å²) in [4.78, 5) is -0.00299. The van der Waals surface area contributed by atoms with Crippen LogP contribution in [0.1, 0.15) is 6.42 Å². The van der Waals surface area contributed by atoms with Crippen LogP contribution < -0.4 is 15.2 Å². The predicted octanol–water partition coefficient (Wildman–Crippen LogP) is 0.249. The average molecular weight is 386 g/mol. The van der Waals surface area contributed by atoms with Gasteiger partial charge in [-0.1, -0.05) is 15.9 Å². The van der Waals surface area contributed by atoms with Crippen LogP contribution in [0.4, 0.5) is 5.69 Å². The van der Waals surface area contributed by atoms with Crippen LogP contribution in [0, 0.1) is 0 Å². The molecule has 0 saturated heterocycles. The summed E-state index contributed by atoms with van der Waals surface area (Å²) in [7, 11) is -6.95. The van der Waals surface area contributed by atoms with Gasteiger partial charge in [-0.2, -0.15) is 0 Å². The number of anilines is 1. The molecule has 0 aromatic heterocycles. The summed E-state index contributed by atoms with van der Waals surface area (Å²) in [6, 6.07) is 4.48. The van der Waals surface area contributed by atoms with E-state index in [1.807, 2.05) is 0 Å². The maximum Gasteiger partial charge on any atom is 0.242 e. The van der Waals surface area contributed by atoms with Crippen LogP contribution in [0.25, 0.3) is 0 Å². The Morgan fingerprint density at radius 1 is 1.15 bits per heavy atom. The SMILES string of the molecule is CS(=O)(=O)NCCCNS(=O)(=O)c1ccc(Br)cc1N. The van der Waals surface area contributed by atoms with Crippen LogP contribution in [0.5, 0.6) is 0 Å². The molecule has 7 nitrogen and oxygen atoms in total. The van der Waals surface area contributed by atoms with E-state index in [1.54, 1.807) is 6.07 Å². The molecule has 1 aromatic carbocycles. The molecule has 0 aliphatic rings. The molecule has 4 N–H and O–H groups in total. The van der Waals surface area contributed by atoms with Crippen LogP contribution in [-0.4, -0.2) is 36.2 Å². The van der Waals surface area contributed by atoms with Gasteiger partial charge in [-0.3, -0.25) is 0 Å². The molecule has 0 spiro atoms. The normalized spacial score (nSPS) is 12.5. The highest BCUT2D eigenvalue weighted by molar-refractivity contribution is 9.10. The molecule has 20 heavy (non-hydrogen) atoms. The van der Waals surface area contributed by atoms with Crippen molar-refractivity contribution in [2.24, 2.45) is 0 Å². The Morgan fingerprint density at radius 2 is 1.75 bits per heavy atom. The van der Waals surface area contributed by atoms with Crippen molar-refractivity contribution in [1.82, 2.24) is 9.44 Å². The van der Waals surface area contributed by atoms with Crippen LogP contribution >= 0.6 is 15.9 Å². The van der Waals surface area contributed by atoms with E-state index in [9.17, 15) is 16.8 Å². The Labute approximate surface area is 127 Å². The number of nitrogen functional groups attached to an aromatic ring is 1. The van der Waals surface area contributed by atoms with Crippen LogP contribution in [-0.2, 0) is 20.0 Å². The summed E-state index contributed by atoms with van der Waals surface area (Å²) >= 11 is 3.19. The molecule has 0 atom stereocenters. The molecule has 0 heterocycles. The van der Waals surface area contributed by atoms with E-state index < -0.39 is 20.0 Å². The number of halogens is 1. The first-order valence-electron chi connectivity index (χ1n) is 5.61. The zero-order chi connectivity index (χ0) is 15.4. The molecule has 114 valence electrons. The molecule has 0 aliphatic carbocycles. The molecule has 1 aromatic rings. The largest absolute Gasteiger partial charge is 0.398 e. The molecule has 0 fully saturated rings. The maximum absolute atomic E-state index is 12.0. The molecular weight excluding hydrogens is 370 g/mol. The van der Waals surface area contributed by atoms with Crippen LogP contribution in [0.3, 0.4) is 0 Å². The van der Waals surface area contributed by atoms with Crippen molar-refractivity contribution >= 4 is 41.7 Å². The highest BCUT2D eigenvalue weighted by Gasteiger charge is 2.16. The van der Waals surface area contributed by atoms with E-state index in [-0.39, 0.29) is 23.7 Å². The van der Waals surface area contributed by atoms with Gasteiger partial charge in [-0.15, -0.1) is 0 Å². The van der Waals surface area contributed by atoms with Gasteiger partial charge >= 0.3 is 0 Å². The monoisotopic (exact) mass is 385 g/mol. The van der Waals surface area contributed by atoms with Gasteiger partial charge in [0.15, 0.2) is 0 Å². The summed E-state index contributed by atoms with van der Waals surface area (Å²) in [5, 5.41) is 0. The van der Waals surface area contributed by atoms with E-state index in [0.717, 1.165) is 6.26 Å². The second-order valence-corrected chi connectivity index (χ2v) is 8.58. The van der Waals surface area contributed by atoms with E-state index in [2.05, 4.69) is 25.4 Å². The predicted molar refractivity (Wildman–Crippen MR) is 81.2 cm³/mol. The first-order valence-corrected chi connectivity index (χ1v) is 9.78. The minimum atomic E-state index is -3.70. The zero-order valence-electron chi connectivity index (χ0n) is 10.8. The van der Waals surface area contributed by atoms with Crippen molar-refractivity contribution < 1.29 is 16.8 Å².